The van der Waals surface area contributed by atoms with E-state index in [-0.39, 0.29) is 6.04 Å². The molecule has 3 aliphatic rings. The fourth-order valence-corrected chi connectivity index (χ4v) is 5.28. The van der Waals surface area contributed by atoms with Crippen LogP contribution < -0.4 is 0 Å². The number of aromatic nitrogens is 1. The van der Waals surface area contributed by atoms with Crippen LogP contribution in [0.5, 0.6) is 5.88 Å². The number of likely N-dealkylation sites (tertiary alicyclic amines) is 1. The maximum atomic E-state index is 11.3. The van der Waals surface area contributed by atoms with Crippen molar-refractivity contribution in [2.75, 3.05) is 53.1 Å². The number of nitrogens with zero attached hydrogens (tertiary/aromatic N) is 3. The Morgan fingerprint density at radius 3 is 2.60 bits per heavy atom. The van der Waals surface area contributed by atoms with E-state index >= 15 is 0 Å². The zero-order valence-electron chi connectivity index (χ0n) is 18.0. The molecule has 0 saturated carbocycles. The van der Waals surface area contributed by atoms with Crippen LogP contribution in [0.2, 0.25) is 0 Å². The van der Waals surface area contributed by atoms with E-state index in [0.717, 1.165) is 60.6 Å². The molecule has 0 aliphatic carbocycles. The Morgan fingerprint density at radius 2 is 1.87 bits per heavy atom. The number of aromatic hydroxyl groups is 1. The Labute approximate surface area is 178 Å². The van der Waals surface area contributed by atoms with E-state index in [1.54, 1.807) is 0 Å². The van der Waals surface area contributed by atoms with Crippen molar-refractivity contribution in [1.29, 1.82) is 0 Å². The summed E-state index contributed by atoms with van der Waals surface area (Å²) in [5, 5.41) is 12.5. The predicted octanol–water partition coefficient (Wildman–Crippen LogP) is 3.40. The smallest absolute Gasteiger partial charge is 0.201 e. The second-order valence-electron chi connectivity index (χ2n) is 9.10. The standard InChI is InChI=1S/C24H33N3O3/c1-26-9-4-17(5-10-26)14-18-2-3-22-20(15-18)23(21-16-30-13-8-25-21)24(28)27(22)19-6-11-29-12-7-19/h2-3,15,17,19,28H,4-14,16H2,1H3. The summed E-state index contributed by atoms with van der Waals surface area (Å²) >= 11 is 0. The molecular formula is C24H33N3O3. The summed E-state index contributed by atoms with van der Waals surface area (Å²) in [5.41, 5.74) is 4.22. The van der Waals surface area contributed by atoms with Gasteiger partial charge in [0.15, 0.2) is 0 Å². The Bertz CT molecular complexity index is 921. The van der Waals surface area contributed by atoms with Crippen LogP contribution in [0.25, 0.3) is 10.9 Å². The number of hydrogen-bond donors (Lipinski definition) is 1. The van der Waals surface area contributed by atoms with Crippen LogP contribution in [0.1, 0.15) is 42.9 Å². The monoisotopic (exact) mass is 411 g/mol. The average Bonchev–Trinajstić information content (AvgIpc) is 3.07. The minimum atomic E-state index is 0.264. The number of rotatable bonds is 4. The third kappa shape index (κ3) is 3.88. The lowest BCUT2D eigenvalue weighted by molar-refractivity contribution is 0.0688. The normalized spacial score (nSPS) is 22.5. The Morgan fingerprint density at radius 1 is 1.07 bits per heavy atom. The van der Waals surface area contributed by atoms with Gasteiger partial charge in [-0.3, -0.25) is 4.99 Å². The van der Waals surface area contributed by atoms with Crippen molar-refractivity contribution in [2.24, 2.45) is 10.9 Å². The van der Waals surface area contributed by atoms with Crippen molar-refractivity contribution in [2.45, 2.75) is 38.1 Å². The first kappa shape index (κ1) is 20.0. The lowest BCUT2D eigenvalue weighted by Gasteiger charge is -2.29. The second kappa shape index (κ2) is 8.69. The van der Waals surface area contributed by atoms with Gasteiger partial charge in [-0.1, -0.05) is 6.07 Å². The minimum Gasteiger partial charge on any atom is -0.494 e. The molecule has 0 atom stereocenters. The third-order valence-corrected chi connectivity index (χ3v) is 7.03. The Balaban J connectivity index is 1.54. The summed E-state index contributed by atoms with van der Waals surface area (Å²) in [7, 11) is 2.21. The lowest BCUT2D eigenvalue weighted by Crippen LogP contribution is -2.30. The molecule has 1 aromatic heterocycles. The van der Waals surface area contributed by atoms with E-state index in [2.05, 4.69) is 34.7 Å². The van der Waals surface area contributed by atoms with Crippen LogP contribution in [-0.2, 0) is 15.9 Å². The van der Waals surface area contributed by atoms with Crippen LogP contribution in [0.15, 0.2) is 23.2 Å². The highest BCUT2D eigenvalue weighted by atomic mass is 16.5. The van der Waals surface area contributed by atoms with Gasteiger partial charge in [-0.05, 0) is 75.9 Å². The molecule has 6 heteroatoms. The Kier molecular flexibility index (Phi) is 5.81. The molecule has 3 aliphatic heterocycles. The molecule has 30 heavy (non-hydrogen) atoms. The molecule has 1 N–H and O–H groups in total. The molecule has 2 aromatic rings. The highest BCUT2D eigenvalue weighted by Gasteiger charge is 2.28. The fourth-order valence-electron chi connectivity index (χ4n) is 5.28. The van der Waals surface area contributed by atoms with Gasteiger partial charge >= 0.3 is 0 Å². The largest absolute Gasteiger partial charge is 0.494 e. The zero-order valence-corrected chi connectivity index (χ0v) is 18.0. The molecule has 2 saturated heterocycles. The molecule has 5 rings (SSSR count). The van der Waals surface area contributed by atoms with Gasteiger partial charge in [-0.15, -0.1) is 0 Å². The lowest BCUT2D eigenvalue weighted by atomic mass is 9.89. The highest BCUT2D eigenvalue weighted by Crippen LogP contribution is 2.39. The summed E-state index contributed by atoms with van der Waals surface area (Å²) in [6.07, 6.45) is 5.48. The minimum absolute atomic E-state index is 0.264. The summed E-state index contributed by atoms with van der Waals surface area (Å²) < 4.78 is 13.4. The Hall–Kier alpha value is -1.89. The number of benzene rings is 1. The quantitative estimate of drug-likeness (QED) is 0.838. The van der Waals surface area contributed by atoms with E-state index in [9.17, 15) is 5.11 Å². The van der Waals surface area contributed by atoms with Gasteiger partial charge in [0, 0.05) is 24.6 Å². The topological polar surface area (TPSA) is 59.2 Å². The van der Waals surface area contributed by atoms with Crippen molar-refractivity contribution in [1.82, 2.24) is 9.47 Å². The molecule has 162 valence electrons. The fraction of sp³-hybridized carbons (Fsp3) is 0.625. The highest BCUT2D eigenvalue weighted by molar-refractivity contribution is 6.14. The molecule has 0 unspecified atom stereocenters. The first-order valence-electron chi connectivity index (χ1n) is 11.4. The van der Waals surface area contributed by atoms with Crippen LogP contribution in [0, 0.1) is 5.92 Å². The molecule has 0 radical (unpaired) electrons. The molecule has 0 amide bonds. The van der Waals surface area contributed by atoms with Crippen LogP contribution in [0.3, 0.4) is 0 Å². The van der Waals surface area contributed by atoms with Crippen molar-refractivity contribution in [3.8, 4) is 5.88 Å². The van der Waals surface area contributed by atoms with Crippen molar-refractivity contribution in [3.05, 3.63) is 29.3 Å². The first-order valence-corrected chi connectivity index (χ1v) is 11.4. The van der Waals surface area contributed by atoms with Crippen LogP contribution >= 0.6 is 0 Å². The molecular weight excluding hydrogens is 378 g/mol. The SMILES string of the molecule is CN1CCC(Cc2ccc3c(c2)c(C2=NCCOC2)c(O)n3C2CCOCC2)CC1. The van der Waals surface area contributed by atoms with Gasteiger partial charge in [0.05, 0.1) is 36.6 Å². The second-order valence-corrected chi connectivity index (χ2v) is 9.10. The molecule has 1 aromatic carbocycles. The molecule has 0 bridgehead atoms. The van der Waals surface area contributed by atoms with E-state index < -0.39 is 0 Å². The zero-order chi connectivity index (χ0) is 20.5. The third-order valence-electron chi connectivity index (χ3n) is 7.03. The maximum absolute atomic E-state index is 11.3. The molecule has 4 heterocycles. The summed E-state index contributed by atoms with van der Waals surface area (Å²) in [5.74, 6) is 1.08. The summed E-state index contributed by atoms with van der Waals surface area (Å²) in [4.78, 5) is 7.13. The van der Waals surface area contributed by atoms with Gasteiger partial charge in [0.1, 0.15) is 0 Å². The maximum Gasteiger partial charge on any atom is 0.201 e. The summed E-state index contributed by atoms with van der Waals surface area (Å²) in [6.45, 7) is 5.66. The molecule has 6 nitrogen and oxygen atoms in total. The predicted molar refractivity (Wildman–Crippen MR) is 119 cm³/mol. The van der Waals surface area contributed by atoms with E-state index in [4.69, 9.17) is 14.5 Å². The van der Waals surface area contributed by atoms with E-state index in [1.807, 2.05) is 0 Å². The van der Waals surface area contributed by atoms with Gasteiger partial charge in [-0.25, -0.2) is 0 Å². The summed E-state index contributed by atoms with van der Waals surface area (Å²) in [6, 6.07) is 7.04. The van der Waals surface area contributed by atoms with Crippen molar-refractivity contribution >= 4 is 16.6 Å². The number of piperidine rings is 1. The number of aliphatic imine (C=N–C) groups is 1. The van der Waals surface area contributed by atoms with Gasteiger partial charge in [0.2, 0.25) is 5.88 Å². The average molecular weight is 412 g/mol. The van der Waals surface area contributed by atoms with Gasteiger partial charge in [0.25, 0.3) is 0 Å². The van der Waals surface area contributed by atoms with E-state index in [0.29, 0.717) is 25.6 Å². The number of hydrogen-bond acceptors (Lipinski definition) is 5. The van der Waals surface area contributed by atoms with Crippen molar-refractivity contribution in [3.63, 3.8) is 0 Å². The van der Waals surface area contributed by atoms with Crippen molar-refractivity contribution < 1.29 is 14.6 Å². The van der Waals surface area contributed by atoms with Gasteiger partial charge < -0.3 is 24.0 Å². The van der Waals surface area contributed by atoms with E-state index in [1.165, 1.54) is 31.5 Å². The van der Waals surface area contributed by atoms with Crippen LogP contribution in [-0.4, -0.2) is 73.4 Å². The molecule has 0 spiro atoms. The molecule has 2 fully saturated rings. The van der Waals surface area contributed by atoms with Gasteiger partial charge in [-0.2, -0.15) is 0 Å². The first-order chi connectivity index (χ1) is 14.7. The number of fused-ring (bicyclic) bond motifs is 1. The number of ether oxygens (including phenoxy) is 2. The van der Waals surface area contributed by atoms with Crippen LogP contribution in [0.4, 0.5) is 0 Å².